The smallest absolute Gasteiger partial charge is 0.151 e. The Morgan fingerprint density at radius 2 is 2.22 bits per heavy atom. The minimum atomic E-state index is 0.577. The molecule has 0 aliphatic rings. The maximum absolute atomic E-state index is 6.06. The number of aryl methyl sites for hydroxylation is 2. The van der Waals surface area contributed by atoms with Crippen LogP contribution in [0.15, 0.2) is 18.5 Å². The molecule has 0 saturated heterocycles. The standard InChI is InChI=1S/C12H15ClN4O/c1-8-4-10(11(18-3)5-9(8)13)14-6-12-16-15-7-17(12)2/h4-5,7,14H,6H2,1-3H3. The van der Waals surface area contributed by atoms with Crippen LogP contribution in [-0.2, 0) is 13.6 Å². The lowest BCUT2D eigenvalue weighted by molar-refractivity contribution is 0.416. The van der Waals surface area contributed by atoms with Crippen LogP contribution in [0, 0.1) is 6.92 Å². The fraction of sp³-hybridized carbons (Fsp3) is 0.333. The van der Waals surface area contributed by atoms with E-state index in [4.69, 9.17) is 16.3 Å². The molecule has 0 atom stereocenters. The summed E-state index contributed by atoms with van der Waals surface area (Å²) in [6, 6.07) is 3.76. The van der Waals surface area contributed by atoms with Gasteiger partial charge in [0.05, 0.1) is 19.3 Å². The largest absolute Gasteiger partial charge is 0.495 e. The second-order valence-corrected chi connectivity index (χ2v) is 4.42. The van der Waals surface area contributed by atoms with Gasteiger partial charge in [-0.2, -0.15) is 0 Å². The van der Waals surface area contributed by atoms with E-state index in [1.165, 1.54) is 0 Å². The number of hydrogen-bond acceptors (Lipinski definition) is 4. The van der Waals surface area contributed by atoms with E-state index in [9.17, 15) is 0 Å². The van der Waals surface area contributed by atoms with Crippen LogP contribution < -0.4 is 10.1 Å². The monoisotopic (exact) mass is 266 g/mol. The molecule has 1 aromatic carbocycles. The van der Waals surface area contributed by atoms with Crippen molar-refractivity contribution >= 4 is 17.3 Å². The Balaban J connectivity index is 2.18. The van der Waals surface area contributed by atoms with E-state index in [0.29, 0.717) is 17.3 Å². The average Bonchev–Trinajstić information content (AvgIpc) is 2.76. The van der Waals surface area contributed by atoms with Crippen LogP contribution in [0.4, 0.5) is 5.69 Å². The van der Waals surface area contributed by atoms with Crippen molar-refractivity contribution in [3.63, 3.8) is 0 Å². The molecular weight excluding hydrogens is 252 g/mol. The molecule has 1 aromatic heterocycles. The first-order chi connectivity index (χ1) is 8.61. The van der Waals surface area contributed by atoms with Gasteiger partial charge in [0.25, 0.3) is 0 Å². The molecule has 0 unspecified atom stereocenters. The number of hydrogen-bond donors (Lipinski definition) is 1. The van der Waals surface area contributed by atoms with Crippen LogP contribution >= 0.6 is 11.6 Å². The van der Waals surface area contributed by atoms with Crippen molar-refractivity contribution in [1.82, 2.24) is 14.8 Å². The third-order valence-electron chi connectivity index (χ3n) is 2.72. The van der Waals surface area contributed by atoms with Crippen molar-refractivity contribution in [2.75, 3.05) is 12.4 Å². The van der Waals surface area contributed by atoms with Gasteiger partial charge in [0, 0.05) is 18.1 Å². The third-order valence-corrected chi connectivity index (χ3v) is 3.13. The summed E-state index contributed by atoms with van der Waals surface area (Å²) in [6.07, 6.45) is 1.67. The molecule has 5 nitrogen and oxygen atoms in total. The van der Waals surface area contributed by atoms with Gasteiger partial charge in [-0.25, -0.2) is 0 Å². The van der Waals surface area contributed by atoms with Crippen molar-refractivity contribution < 1.29 is 4.74 Å². The van der Waals surface area contributed by atoms with E-state index in [1.807, 2.05) is 24.6 Å². The van der Waals surface area contributed by atoms with Gasteiger partial charge in [0.1, 0.15) is 12.1 Å². The van der Waals surface area contributed by atoms with Gasteiger partial charge in [-0.1, -0.05) is 11.6 Å². The number of rotatable bonds is 4. The first-order valence-electron chi connectivity index (χ1n) is 5.52. The highest BCUT2D eigenvalue weighted by Gasteiger charge is 2.08. The van der Waals surface area contributed by atoms with Crippen LogP contribution in [-0.4, -0.2) is 21.9 Å². The molecule has 18 heavy (non-hydrogen) atoms. The molecule has 0 bridgehead atoms. The zero-order valence-electron chi connectivity index (χ0n) is 10.6. The maximum atomic E-state index is 6.06. The first-order valence-corrected chi connectivity index (χ1v) is 5.90. The van der Waals surface area contributed by atoms with E-state index in [0.717, 1.165) is 17.1 Å². The van der Waals surface area contributed by atoms with Crippen molar-refractivity contribution in [1.29, 1.82) is 0 Å². The molecule has 0 spiro atoms. The Hall–Kier alpha value is -1.75. The number of nitrogens with zero attached hydrogens (tertiary/aromatic N) is 3. The highest BCUT2D eigenvalue weighted by Crippen LogP contribution is 2.31. The van der Waals surface area contributed by atoms with Gasteiger partial charge in [-0.15, -0.1) is 10.2 Å². The van der Waals surface area contributed by atoms with Gasteiger partial charge in [0.2, 0.25) is 0 Å². The van der Waals surface area contributed by atoms with Crippen molar-refractivity contribution in [2.45, 2.75) is 13.5 Å². The maximum Gasteiger partial charge on any atom is 0.151 e. The third kappa shape index (κ3) is 2.56. The number of halogens is 1. The minimum Gasteiger partial charge on any atom is -0.495 e. The molecule has 0 saturated carbocycles. The van der Waals surface area contributed by atoms with Crippen LogP contribution in [0.3, 0.4) is 0 Å². The Labute approximate surface area is 111 Å². The van der Waals surface area contributed by atoms with Crippen LogP contribution in [0.1, 0.15) is 11.4 Å². The summed E-state index contributed by atoms with van der Waals surface area (Å²) in [5.74, 6) is 1.57. The molecule has 1 heterocycles. The summed E-state index contributed by atoms with van der Waals surface area (Å²) in [6.45, 7) is 2.53. The lowest BCUT2D eigenvalue weighted by atomic mass is 10.2. The molecule has 0 aliphatic carbocycles. The summed E-state index contributed by atoms with van der Waals surface area (Å²) in [7, 11) is 3.52. The Bertz CT molecular complexity index is 553. The number of methoxy groups -OCH3 is 1. The molecule has 0 fully saturated rings. The van der Waals surface area contributed by atoms with Crippen molar-refractivity contribution in [2.24, 2.45) is 7.05 Å². The van der Waals surface area contributed by atoms with E-state index in [1.54, 1.807) is 19.5 Å². The SMILES string of the molecule is COc1cc(Cl)c(C)cc1NCc1nncn1C. The van der Waals surface area contributed by atoms with Crippen LogP contribution in [0.2, 0.25) is 5.02 Å². The molecule has 6 heteroatoms. The minimum absolute atomic E-state index is 0.577. The van der Waals surface area contributed by atoms with Gasteiger partial charge < -0.3 is 14.6 Å². The van der Waals surface area contributed by atoms with E-state index < -0.39 is 0 Å². The van der Waals surface area contributed by atoms with Crippen molar-refractivity contribution in [3.8, 4) is 5.75 Å². The molecule has 0 aliphatic heterocycles. The summed E-state index contributed by atoms with van der Waals surface area (Å²) in [4.78, 5) is 0. The summed E-state index contributed by atoms with van der Waals surface area (Å²) in [5, 5.41) is 11.8. The predicted molar refractivity (Wildman–Crippen MR) is 71.1 cm³/mol. The molecule has 96 valence electrons. The summed E-state index contributed by atoms with van der Waals surface area (Å²) >= 11 is 6.06. The fourth-order valence-electron chi connectivity index (χ4n) is 1.61. The number of aromatic nitrogens is 3. The average molecular weight is 267 g/mol. The molecule has 0 amide bonds. The van der Waals surface area contributed by atoms with Gasteiger partial charge in [-0.05, 0) is 18.6 Å². The zero-order valence-corrected chi connectivity index (χ0v) is 11.3. The second kappa shape index (κ2) is 5.27. The van der Waals surface area contributed by atoms with Gasteiger partial charge in [0.15, 0.2) is 5.82 Å². The highest BCUT2D eigenvalue weighted by atomic mass is 35.5. The predicted octanol–water partition coefficient (Wildman–Crippen LogP) is 2.40. The lowest BCUT2D eigenvalue weighted by Gasteiger charge is -2.12. The number of benzene rings is 1. The quantitative estimate of drug-likeness (QED) is 0.923. The number of nitrogens with one attached hydrogen (secondary N) is 1. The Kier molecular flexibility index (Phi) is 3.72. The molecule has 1 N–H and O–H groups in total. The first kappa shape index (κ1) is 12.7. The van der Waals surface area contributed by atoms with Crippen LogP contribution in [0.5, 0.6) is 5.75 Å². The molecule has 2 aromatic rings. The van der Waals surface area contributed by atoms with E-state index >= 15 is 0 Å². The van der Waals surface area contributed by atoms with Gasteiger partial charge >= 0.3 is 0 Å². The Morgan fingerprint density at radius 1 is 1.44 bits per heavy atom. The van der Waals surface area contributed by atoms with Crippen molar-refractivity contribution in [3.05, 3.63) is 34.9 Å². The van der Waals surface area contributed by atoms with E-state index in [2.05, 4.69) is 15.5 Å². The number of anilines is 1. The Morgan fingerprint density at radius 3 is 2.83 bits per heavy atom. The number of ether oxygens (including phenoxy) is 1. The van der Waals surface area contributed by atoms with Crippen LogP contribution in [0.25, 0.3) is 0 Å². The molecule has 0 radical (unpaired) electrons. The summed E-state index contributed by atoms with van der Waals surface area (Å²) in [5.41, 5.74) is 1.89. The molecule has 2 rings (SSSR count). The summed E-state index contributed by atoms with van der Waals surface area (Å²) < 4.78 is 7.15. The fourth-order valence-corrected chi connectivity index (χ4v) is 1.77. The molecular formula is C12H15ClN4O. The zero-order chi connectivity index (χ0) is 13.1. The normalized spacial score (nSPS) is 10.4. The van der Waals surface area contributed by atoms with Gasteiger partial charge in [-0.3, -0.25) is 0 Å². The second-order valence-electron chi connectivity index (χ2n) is 4.01. The lowest BCUT2D eigenvalue weighted by Crippen LogP contribution is -2.06. The van der Waals surface area contributed by atoms with E-state index in [-0.39, 0.29) is 0 Å². The topological polar surface area (TPSA) is 52.0 Å². The highest BCUT2D eigenvalue weighted by molar-refractivity contribution is 6.31.